The van der Waals surface area contributed by atoms with Crippen molar-refractivity contribution in [2.45, 2.75) is 24.1 Å². The lowest BCUT2D eigenvalue weighted by Crippen LogP contribution is -2.23. The lowest BCUT2D eigenvalue weighted by atomic mass is 10.0. The third-order valence-corrected chi connectivity index (χ3v) is 6.90. The molecule has 2 heterocycles. The van der Waals surface area contributed by atoms with E-state index in [0.29, 0.717) is 15.6 Å². The zero-order chi connectivity index (χ0) is 23.9. The van der Waals surface area contributed by atoms with Crippen molar-refractivity contribution in [1.82, 2.24) is 9.97 Å². The summed E-state index contributed by atoms with van der Waals surface area (Å²) in [5.74, 6) is -0.682. The zero-order valence-corrected chi connectivity index (χ0v) is 20.4. The van der Waals surface area contributed by atoms with Gasteiger partial charge in [0.25, 0.3) is 0 Å². The number of aromatic nitrogens is 2. The molecule has 34 heavy (non-hydrogen) atoms. The summed E-state index contributed by atoms with van der Waals surface area (Å²) in [4.78, 5) is 34.4. The Morgan fingerprint density at radius 1 is 1.03 bits per heavy atom. The SMILES string of the molecule is CCOC(=O)c1c(-c2ccccc2)csc1NC(=O)C(C)Sc1cc(-c2ccccc2)ncn1. The molecule has 0 bridgehead atoms. The van der Waals surface area contributed by atoms with Crippen molar-refractivity contribution in [1.29, 1.82) is 0 Å². The Balaban J connectivity index is 1.52. The molecule has 0 radical (unpaired) electrons. The van der Waals surface area contributed by atoms with Gasteiger partial charge in [0.2, 0.25) is 5.91 Å². The van der Waals surface area contributed by atoms with E-state index in [4.69, 9.17) is 4.74 Å². The summed E-state index contributed by atoms with van der Waals surface area (Å²) in [5.41, 5.74) is 3.77. The first-order valence-corrected chi connectivity index (χ1v) is 12.5. The molecule has 0 aliphatic carbocycles. The van der Waals surface area contributed by atoms with E-state index < -0.39 is 11.2 Å². The Morgan fingerprint density at radius 3 is 2.38 bits per heavy atom. The lowest BCUT2D eigenvalue weighted by Gasteiger charge is -2.13. The van der Waals surface area contributed by atoms with Crippen molar-refractivity contribution in [2.75, 3.05) is 11.9 Å². The molecule has 0 saturated heterocycles. The first-order chi connectivity index (χ1) is 16.6. The van der Waals surface area contributed by atoms with Crippen LogP contribution in [0.25, 0.3) is 22.4 Å². The van der Waals surface area contributed by atoms with Crippen molar-refractivity contribution >= 4 is 40.0 Å². The summed E-state index contributed by atoms with van der Waals surface area (Å²) < 4.78 is 5.28. The lowest BCUT2D eigenvalue weighted by molar-refractivity contribution is -0.115. The van der Waals surface area contributed by atoms with Crippen LogP contribution < -0.4 is 5.32 Å². The molecule has 6 nitrogen and oxygen atoms in total. The highest BCUT2D eigenvalue weighted by Gasteiger charge is 2.24. The van der Waals surface area contributed by atoms with Gasteiger partial charge in [-0.1, -0.05) is 72.4 Å². The van der Waals surface area contributed by atoms with Crippen LogP contribution in [0.5, 0.6) is 0 Å². The van der Waals surface area contributed by atoms with E-state index in [0.717, 1.165) is 22.4 Å². The molecule has 1 N–H and O–H groups in total. The van der Waals surface area contributed by atoms with Crippen LogP contribution in [0.4, 0.5) is 5.00 Å². The second-order valence-corrected chi connectivity index (χ2v) is 9.54. The van der Waals surface area contributed by atoms with Gasteiger partial charge in [-0.05, 0) is 25.5 Å². The largest absolute Gasteiger partial charge is 0.462 e. The van der Waals surface area contributed by atoms with E-state index in [1.807, 2.05) is 72.1 Å². The Morgan fingerprint density at radius 2 is 1.71 bits per heavy atom. The van der Waals surface area contributed by atoms with E-state index >= 15 is 0 Å². The molecule has 1 amide bonds. The van der Waals surface area contributed by atoms with Gasteiger partial charge in [-0.3, -0.25) is 4.79 Å². The number of nitrogens with one attached hydrogen (secondary N) is 1. The maximum atomic E-state index is 13.0. The van der Waals surface area contributed by atoms with Crippen LogP contribution in [0.1, 0.15) is 24.2 Å². The average Bonchev–Trinajstić information content (AvgIpc) is 3.29. The molecule has 4 aromatic rings. The number of hydrogen-bond donors (Lipinski definition) is 1. The van der Waals surface area contributed by atoms with Gasteiger partial charge >= 0.3 is 5.97 Å². The van der Waals surface area contributed by atoms with E-state index in [9.17, 15) is 9.59 Å². The van der Waals surface area contributed by atoms with Gasteiger partial charge in [0.1, 0.15) is 21.9 Å². The molecule has 4 rings (SSSR count). The standard InChI is InChI=1S/C26H23N3O3S2/c1-3-32-26(31)23-20(18-10-6-4-7-11-18)15-33-25(23)29-24(30)17(2)34-22-14-21(27-16-28-22)19-12-8-5-9-13-19/h4-17H,3H2,1-2H3,(H,29,30). The number of thioether (sulfide) groups is 1. The molecule has 8 heteroatoms. The Kier molecular flexibility index (Phi) is 7.72. The van der Waals surface area contributed by atoms with Crippen LogP contribution in [0.15, 0.2) is 83.5 Å². The summed E-state index contributed by atoms with van der Waals surface area (Å²) in [7, 11) is 0. The molecule has 2 aromatic heterocycles. The predicted molar refractivity (Wildman–Crippen MR) is 137 cm³/mol. The Bertz CT molecular complexity index is 1280. The molecule has 0 spiro atoms. The third kappa shape index (κ3) is 5.52. The molecule has 0 fully saturated rings. The molecule has 1 atom stereocenters. The van der Waals surface area contributed by atoms with Gasteiger partial charge in [0.05, 0.1) is 17.6 Å². The van der Waals surface area contributed by atoms with Crippen molar-refractivity contribution in [3.63, 3.8) is 0 Å². The minimum atomic E-state index is -0.457. The number of carbonyl (C=O) groups is 2. The van der Waals surface area contributed by atoms with Gasteiger partial charge in [-0.2, -0.15) is 0 Å². The van der Waals surface area contributed by atoms with Gasteiger partial charge in [0, 0.05) is 16.5 Å². The second kappa shape index (κ2) is 11.1. The number of thiophene rings is 1. The summed E-state index contributed by atoms with van der Waals surface area (Å²) in [5, 5.41) is 5.51. The smallest absolute Gasteiger partial charge is 0.341 e. The first kappa shape index (κ1) is 23.7. The van der Waals surface area contributed by atoms with Crippen molar-refractivity contribution < 1.29 is 14.3 Å². The van der Waals surface area contributed by atoms with E-state index in [1.54, 1.807) is 13.8 Å². The number of rotatable bonds is 8. The molecule has 0 aliphatic heterocycles. The normalized spacial score (nSPS) is 11.6. The summed E-state index contributed by atoms with van der Waals surface area (Å²) in [6, 6.07) is 21.3. The van der Waals surface area contributed by atoms with Crippen LogP contribution in [-0.2, 0) is 9.53 Å². The maximum absolute atomic E-state index is 13.0. The molecular formula is C26H23N3O3S2. The predicted octanol–water partition coefficient (Wildman–Crippen LogP) is 6.17. The topological polar surface area (TPSA) is 81.2 Å². The molecule has 2 aromatic carbocycles. The van der Waals surface area contributed by atoms with Crippen molar-refractivity contribution in [2.24, 2.45) is 0 Å². The van der Waals surface area contributed by atoms with Crippen molar-refractivity contribution in [3.8, 4) is 22.4 Å². The van der Waals surface area contributed by atoms with E-state index in [-0.39, 0.29) is 12.5 Å². The van der Waals surface area contributed by atoms with Gasteiger partial charge < -0.3 is 10.1 Å². The van der Waals surface area contributed by atoms with Crippen molar-refractivity contribution in [3.05, 3.63) is 84.0 Å². The minimum absolute atomic E-state index is 0.225. The fourth-order valence-corrected chi connectivity index (χ4v) is 5.08. The molecule has 0 aliphatic rings. The fourth-order valence-electron chi connectivity index (χ4n) is 3.30. The van der Waals surface area contributed by atoms with Crippen LogP contribution in [-0.4, -0.2) is 33.7 Å². The van der Waals surface area contributed by atoms with Gasteiger partial charge in [0.15, 0.2) is 0 Å². The highest BCUT2D eigenvalue weighted by atomic mass is 32.2. The summed E-state index contributed by atoms with van der Waals surface area (Å²) in [6.45, 7) is 3.81. The highest BCUT2D eigenvalue weighted by Crippen LogP contribution is 2.37. The van der Waals surface area contributed by atoms with Crippen LogP contribution in [0.2, 0.25) is 0 Å². The number of amides is 1. The maximum Gasteiger partial charge on any atom is 0.341 e. The number of esters is 1. The second-order valence-electron chi connectivity index (χ2n) is 7.30. The number of nitrogens with zero attached hydrogens (tertiary/aromatic N) is 2. The van der Waals surface area contributed by atoms with E-state index in [1.165, 1.54) is 29.4 Å². The first-order valence-electron chi connectivity index (χ1n) is 10.8. The Labute approximate surface area is 206 Å². The minimum Gasteiger partial charge on any atom is -0.462 e. The number of anilines is 1. The number of ether oxygens (including phenoxy) is 1. The molecule has 172 valence electrons. The van der Waals surface area contributed by atoms with E-state index in [2.05, 4.69) is 15.3 Å². The molecular weight excluding hydrogens is 466 g/mol. The zero-order valence-electron chi connectivity index (χ0n) is 18.7. The summed E-state index contributed by atoms with van der Waals surface area (Å²) in [6.07, 6.45) is 1.50. The van der Waals surface area contributed by atoms with Gasteiger partial charge in [-0.25, -0.2) is 14.8 Å². The fraction of sp³-hybridized carbons (Fsp3) is 0.154. The van der Waals surface area contributed by atoms with Gasteiger partial charge in [-0.15, -0.1) is 11.3 Å². The number of carbonyl (C=O) groups excluding carboxylic acids is 2. The molecule has 0 saturated carbocycles. The van der Waals surface area contributed by atoms with Crippen LogP contribution in [0, 0.1) is 0 Å². The highest BCUT2D eigenvalue weighted by molar-refractivity contribution is 8.00. The van der Waals surface area contributed by atoms with Crippen LogP contribution >= 0.6 is 23.1 Å². The Hall–Kier alpha value is -3.49. The number of benzene rings is 2. The third-order valence-electron chi connectivity index (χ3n) is 4.97. The average molecular weight is 490 g/mol. The number of hydrogen-bond acceptors (Lipinski definition) is 7. The monoisotopic (exact) mass is 489 g/mol. The summed E-state index contributed by atoms with van der Waals surface area (Å²) >= 11 is 2.64. The molecule has 1 unspecified atom stereocenters. The van der Waals surface area contributed by atoms with Crippen LogP contribution in [0.3, 0.4) is 0 Å². The quantitative estimate of drug-likeness (QED) is 0.181.